The topological polar surface area (TPSA) is 56.7 Å². The number of fused-ring (bicyclic) bond motifs is 1. The van der Waals surface area contributed by atoms with Crippen molar-refractivity contribution in [2.24, 2.45) is 0 Å². The predicted molar refractivity (Wildman–Crippen MR) is 75.6 cm³/mol. The summed E-state index contributed by atoms with van der Waals surface area (Å²) in [4.78, 5) is 8.74. The second kappa shape index (κ2) is 4.03. The Labute approximate surface area is 115 Å². The van der Waals surface area contributed by atoms with Crippen molar-refractivity contribution in [3.8, 4) is 11.4 Å². The molecule has 1 aromatic carbocycles. The number of nitrogens with two attached hydrogens (primary N) is 1. The van der Waals surface area contributed by atoms with Crippen molar-refractivity contribution in [2.75, 3.05) is 5.73 Å². The number of imidazole rings is 1. The third kappa shape index (κ3) is 1.74. The van der Waals surface area contributed by atoms with Gasteiger partial charge >= 0.3 is 0 Å². The summed E-state index contributed by atoms with van der Waals surface area (Å²) in [5.74, 6) is 1.08. The van der Waals surface area contributed by atoms with Gasteiger partial charge in [0, 0.05) is 17.8 Å². The van der Waals surface area contributed by atoms with Gasteiger partial charge < -0.3 is 10.3 Å². The second-order valence-electron chi connectivity index (χ2n) is 5.14. The molecule has 0 bridgehead atoms. The van der Waals surface area contributed by atoms with Gasteiger partial charge in [-0.2, -0.15) is 0 Å². The fourth-order valence-corrected chi connectivity index (χ4v) is 2.51. The molecule has 0 amide bonds. The average Bonchev–Trinajstić information content (AvgIpc) is 3.21. The van der Waals surface area contributed by atoms with Crippen LogP contribution in [0.1, 0.15) is 18.9 Å². The number of halogens is 1. The van der Waals surface area contributed by atoms with E-state index in [-0.39, 0.29) is 5.82 Å². The van der Waals surface area contributed by atoms with Crippen molar-refractivity contribution in [1.82, 2.24) is 14.5 Å². The van der Waals surface area contributed by atoms with Gasteiger partial charge in [0.15, 0.2) is 0 Å². The van der Waals surface area contributed by atoms with E-state index in [0.29, 0.717) is 11.9 Å². The molecule has 0 radical (unpaired) electrons. The molecule has 1 fully saturated rings. The van der Waals surface area contributed by atoms with Crippen LogP contribution in [0, 0.1) is 5.82 Å². The van der Waals surface area contributed by atoms with Crippen LogP contribution in [-0.2, 0) is 0 Å². The molecule has 2 heterocycles. The zero-order chi connectivity index (χ0) is 13.7. The number of rotatable bonds is 2. The fourth-order valence-electron chi connectivity index (χ4n) is 2.51. The molecule has 20 heavy (non-hydrogen) atoms. The van der Waals surface area contributed by atoms with Crippen molar-refractivity contribution in [3.05, 3.63) is 42.3 Å². The number of pyridine rings is 1. The maximum Gasteiger partial charge on any atom is 0.142 e. The van der Waals surface area contributed by atoms with E-state index >= 15 is 0 Å². The molecule has 2 N–H and O–H groups in total. The summed E-state index contributed by atoms with van der Waals surface area (Å²) in [5.41, 5.74) is 8.18. The van der Waals surface area contributed by atoms with Crippen LogP contribution >= 0.6 is 0 Å². The molecule has 0 atom stereocenters. The lowest BCUT2D eigenvalue weighted by molar-refractivity contribution is 0.628. The molecule has 4 rings (SSSR count). The van der Waals surface area contributed by atoms with Crippen molar-refractivity contribution in [1.29, 1.82) is 0 Å². The van der Waals surface area contributed by atoms with Crippen LogP contribution in [0.15, 0.2) is 36.5 Å². The maximum absolute atomic E-state index is 13.5. The zero-order valence-electron chi connectivity index (χ0n) is 10.8. The summed E-state index contributed by atoms with van der Waals surface area (Å²) >= 11 is 0. The van der Waals surface area contributed by atoms with Crippen LogP contribution in [0.5, 0.6) is 0 Å². The minimum absolute atomic E-state index is 0.235. The highest BCUT2D eigenvalue weighted by molar-refractivity contribution is 5.81. The second-order valence-corrected chi connectivity index (χ2v) is 5.14. The SMILES string of the molecule is Nc1ccc(-c2nc3ccc(F)cc3n2C2CC2)cn1. The van der Waals surface area contributed by atoms with Gasteiger partial charge in [-0.3, -0.25) is 0 Å². The third-order valence-corrected chi connectivity index (χ3v) is 3.61. The third-order valence-electron chi connectivity index (χ3n) is 3.61. The Morgan fingerprint density at radius 1 is 1.20 bits per heavy atom. The summed E-state index contributed by atoms with van der Waals surface area (Å²) in [7, 11) is 0. The quantitative estimate of drug-likeness (QED) is 0.776. The van der Waals surface area contributed by atoms with Gasteiger partial charge in [0.05, 0.1) is 11.0 Å². The van der Waals surface area contributed by atoms with E-state index < -0.39 is 0 Å². The summed E-state index contributed by atoms with van der Waals surface area (Å²) in [6.45, 7) is 0. The van der Waals surface area contributed by atoms with Crippen LogP contribution in [-0.4, -0.2) is 14.5 Å². The molecule has 3 aromatic rings. The van der Waals surface area contributed by atoms with E-state index in [2.05, 4.69) is 14.5 Å². The van der Waals surface area contributed by atoms with E-state index in [1.54, 1.807) is 24.4 Å². The maximum atomic E-state index is 13.5. The molecule has 100 valence electrons. The number of anilines is 1. The molecule has 1 aliphatic rings. The average molecular weight is 268 g/mol. The van der Waals surface area contributed by atoms with Crippen molar-refractivity contribution in [2.45, 2.75) is 18.9 Å². The molecule has 0 spiro atoms. The number of aromatic nitrogens is 3. The molecule has 1 saturated carbocycles. The first-order valence-corrected chi connectivity index (χ1v) is 6.62. The molecular weight excluding hydrogens is 255 g/mol. The molecule has 4 nitrogen and oxygen atoms in total. The Morgan fingerprint density at radius 3 is 2.75 bits per heavy atom. The van der Waals surface area contributed by atoms with Crippen LogP contribution in [0.3, 0.4) is 0 Å². The Morgan fingerprint density at radius 2 is 2.05 bits per heavy atom. The Hall–Kier alpha value is -2.43. The van der Waals surface area contributed by atoms with Crippen LogP contribution in [0.25, 0.3) is 22.4 Å². The molecule has 5 heteroatoms. The van der Waals surface area contributed by atoms with E-state index in [4.69, 9.17) is 5.73 Å². The van der Waals surface area contributed by atoms with Gasteiger partial charge in [0.2, 0.25) is 0 Å². The van der Waals surface area contributed by atoms with Crippen LogP contribution in [0.4, 0.5) is 10.2 Å². The first kappa shape index (κ1) is 11.4. The first-order valence-electron chi connectivity index (χ1n) is 6.62. The lowest BCUT2D eigenvalue weighted by atomic mass is 10.2. The first-order chi connectivity index (χ1) is 9.72. The van der Waals surface area contributed by atoms with E-state index in [1.165, 1.54) is 6.07 Å². The van der Waals surface area contributed by atoms with E-state index in [1.807, 2.05) is 6.07 Å². The summed E-state index contributed by atoms with van der Waals surface area (Å²) in [6, 6.07) is 8.78. The lowest BCUT2D eigenvalue weighted by Crippen LogP contribution is -1.98. The van der Waals surface area contributed by atoms with Gasteiger partial charge in [0.1, 0.15) is 17.5 Å². The number of nitrogens with zero attached hydrogens (tertiary/aromatic N) is 3. The highest BCUT2D eigenvalue weighted by Gasteiger charge is 2.28. The van der Waals surface area contributed by atoms with Gasteiger partial charge in [-0.1, -0.05) is 0 Å². The normalized spacial score (nSPS) is 14.8. The number of nitrogen functional groups attached to an aromatic ring is 1. The largest absolute Gasteiger partial charge is 0.384 e. The highest BCUT2D eigenvalue weighted by atomic mass is 19.1. The van der Waals surface area contributed by atoms with Gasteiger partial charge in [0.25, 0.3) is 0 Å². The summed E-state index contributed by atoms with van der Waals surface area (Å²) in [5, 5.41) is 0. The van der Waals surface area contributed by atoms with Crippen molar-refractivity contribution in [3.63, 3.8) is 0 Å². The van der Waals surface area contributed by atoms with Crippen molar-refractivity contribution < 1.29 is 4.39 Å². The molecule has 1 aliphatic carbocycles. The summed E-state index contributed by atoms with van der Waals surface area (Å²) < 4.78 is 15.6. The van der Waals surface area contributed by atoms with Crippen molar-refractivity contribution >= 4 is 16.9 Å². The standard InChI is InChI=1S/C15H13FN4/c16-10-2-5-12-13(7-10)20(11-3-4-11)15(19-12)9-1-6-14(17)18-8-9/h1-2,5-8,11H,3-4H2,(H2,17,18). The number of hydrogen-bond acceptors (Lipinski definition) is 3. The smallest absolute Gasteiger partial charge is 0.142 e. The molecule has 0 saturated heterocycles. The Balaban J connectivity index is 1.98. The summed E-state index contributed by atoms with van der Waals surface area (Å²) in [6.07, 6.45) is 3.93. The molecule has 0 aliphatic heterocycles. The van der Waals surface area contributed by atoms with Gasteiger partial charge in [-0.05, 0) is 43.2 Å². The van der Waals surface area contributed by atoms with Gasteiger partial charge in [-0.15, -0.1) is 0 Å². The van der Waals surface area contributed by atoms with Gasteiger partial charge in [-0.25, -0.2) is 14.4 Å². The fraction of sp³-hybridized carbons (Fsp3) is 0.200. The zero-order valence-corrected chi connectivity index (χ0v) is 10.8. The molecular formula is C15H13FN4. The van der Waals surface area contributed by atoms with E-state index in [0.717, 1.165) is 35.3 Å². The minimum Gasteiger partial charge on any atom is -0.384 e. The monoisotopic (exact) mass is 268 g/mol. The molecule has 0 unspecified atom stereocenters. The van der Waals surface area contributed by atoms with Crippen LogP contribution in [0.2, 0.25) is 0 Å². The predicted octanol–water partition coefficient (Wildman–Crippen LogP) is 3.15. The van der Waals surface area contributed by atoms with Crippen LogP contribution < -0.4 is 5.73 Å². The Kier molecular flexibility index (Phi) is 2.30. The lowest BCUT2D eigenvalue weighted by Gasteiger charge is -2.07. The minimum atomic E-state index is -0.235. The van der Waals surface area contributed by atoms with E-state index in [9.17, 15) is 4.39 Å². The molecule has 2 aromatic heterocycles. The number of hydrogen-bond donors (Lipinski definition) is 1. The number of benzene rings is 1. The Bertz CT molecular complexity index is 787. The highest BCUT2D eigenvalue weighted by Crippen LogP contribution is 2.41.